The first-order valence-corrected chi connectivity index (χ1v) is 7.73. The number of carbonyl (C=O) groups excluding carboxylic acids is 1. The lowest BCUT2D eigenvalue weighted by atomic mass is 10.1. The Balaban J connectivity index is 1.92. The fourth-order valence-corrected chi connectivity index (χ4v) is 3.21. The number of rotatable bonds is 5. The lowest BCUT2D eigenvalue weighted by Crippen LogP contribution is -2.30. The quantitative estimate of drug-likeness (QED) is 0.829. The smallest absolute Gasteiger partial charge is 0.238 e. The van der Waals surface area contributed by atoms with Crippen molar-refractivity contribution >= 4 is 40.2 Å². The van der Waals surface area contributed by atoms with E-state index in [0.717, 1.165) is 14.8 Å². The van der Waals surface area contributed by atoms with Gasteiger partial charge in [-0.2, -0.15) is 0 Å². The van der Waals surface area contributed by atoms with Crippen molar-refractivity contribution < 1.29 is 4.79 Å². The van der Waals surface area contributed by atoms with Crippen molar-refractivity contribution in [1.82, 2.24) is 4.90 Å². The molecule has 4 nitrogen and oxygen atoms in total. The number of halogens is 1. The molecule has 21 heavy (non-hydrogen) atoms. The molecule has 3 N–H and O–H groups in total. The van der Waals surface area contributed by atoms with E-state index >= 15 is 0 Å². The van der Waals surface area contributed by atoms with Crippen LogP contribution in [0.2, 0.25) is 4.34 Å². The van der Waals surface area contributed by atoms with Gasteiger partial charge in [0.25, 0.3) is 0 Å². The number of nitrogen functional groups attached to an aromatic ring is 1. The van der Waals surface area contributed by atoms with Gasteiger partial charge in [-0.15, -0.1) is 11.3 Å². The molecule has 1 heterocycles. The second kappa shape index (κ2) is 6.93. The Morgan fingerprint density at radius 2 is 2.14 bits per heavy atom. The van der Waals surface area contributed by atoms with E-state index in [9.17, 15) is 4.79 Å². The summed E-state index contributed by atoms with van der Waals surface area (Å²) in [6.07, 6.45) is 0. The summed E-state index contributed by atoms with van der Waals surface area (Å²) in [7, 11) is 1.90. The number of amides is 1. The third-order valence-corrected chi connectivity index (χ3v) is 4.25. The summed E-state index contributed by atoms with van der Waals surface area (Å²) in [5, 5.41) is 2.87. The van der Waals surface area contributed by atoms with E-state index in [2.05, 4.69) is 5.32 Å². The summed E-state index contributed by atoms with van der Waals surface area (Å²) in [6, 6.07) is 9.40. The normalized spacial score (nSPS) is 10.9. The van der Waals surface area contributed by atoms with Crippen LogP contribution in [-0.2, 0) is 11.3 Å². The van der Waals surface area contributed by atoms with Gasteiger partial charge in [0.1, 0.15) is 0 Å². The second-order valence-electron chi connectivity index (χ2n) is 4.97. The van der Waals surface area contributed by atoms with Crippen LogP contribution in [0.5, 0.6) is 0 Å². The largest absolute Gasteiger partial charge is 0.397 e. The van der Waals surface area contributed by atoms with Gasteiger partial charge < -0.3 is 11.1 Å². The zero-order valence-electron chi connectivity index (χ0n) is 12.0. The van der Waals surface area contributed by atoms with Crippen molar-refractivity contribution in [3.63, 3.8) is 0 Å². The molecule has 0 atom stereocenters. The first-order chi connectivity index (χ1) is 9.95. The maximum atomic E-state index is 12.1. The van der Waals surface area contributed by atoms with Gasteiger partial charge in [0.05, 0.1) is 22.3 Å². The molecule has 0 bridgehead atoms. The average Bonchev–Trinajstić information content (AvgIpc) is 2.79. The molecule has 1 aromatic heterocycles. The number of nitrogens with zero attached hydrogens (tertiary/aromatic N) is 1. The van der Waals surface area contributed by atoms with Crippen molar-refractivity contribution in [2.45, 2.75) is 13.5 Å². The number of anilines is 2. The number of hydrogen-bond acceptors (Lipinski definition) is 4. The summed E-state index contributed by atoms with van der Waals surface area (Å²) in [5.74, 6) is -0.0823. The highest BCUT2D eigenvalue weighted by atomic mass is 35.5. The van der Waals surface area contributed by atoms with Crippen LogP contribution >= 0.6 is 22.9 Å². The SMILES string of the molecule is Cc1cccc(N)c1NC(=O)CN(C)Cc1ccc(Cl)s1. The van der Waals surface area contributed by atoms with Crippen molar-refractivity contribution in [1.29, 1.82) is 0 Å². The van der Waals surface area contributed by atoms with Gasteiger partial charge in [0.2, 0.25) is 5.91 Å². The fraction of sp³-hybridized carbons (Fsp3) is 0.267. The van der Waals surface area contributed by atoms with Crippen molar-refractivity contribution in [2.24, 2.45) is 0 Å². The van der Waals surface area contributed by atoms with Crippen LogP contribution in [0.1, 0.15) is 10.4 Å². The number of nitrogens with two attached hydrogens (primary N) is 1. The topological polar surface area (TPSA) is 58.4 Å². The lowest BCUT2D eigenvalue weighted by Gasteiger charge is -2.16. The molecule has 1 aromatic carbocycles. The Morgan fingerprint density at radius 1 is 1.38 bits per heavy atom. The molecule has 6 heteroatoms. The van der Waals surface area contributed by atoms with E-state index in [4.69, 9.17) is 17.3 Å². The van der Waals surface area contributed by atoms with Crippen LogP contribution in [-0.4, -0.2) is 24.4 Å². The third kappa shape index (κ3) is 4.46. The molecule has 1 amide bonds. The number of para-hydroxylation sites is 1. The number of hydrogen-bond donors (Lipinski definition) is 2. The van der Waals surface area contributed by atoms with Crippen LogP contribution in [0.15, 0.2) is 30.3 Å². The molecular weight excluding hydrogens is 306 g/mol. The Morgan fingerprint density at radius 3 is 2.76 bits per heavy atom. The fourth-order valence-electron chi connectivity index (χ4n) is 2.04. The molecule has 0 saturated carbocycles. The lowest BCUT2D eigenvalue weighted by molar-refractivity contribution is -0.117. The first kappa shape index (κ1) is 15.8. The van der Waals surface area contributed by atoms with Gasteiger partial charge in [0, 0.05) is 11.4 Å². The Bertz CT molecular complexity index is 621. The molecule has 2 rings (SSSR count). The minimum Gasteiger partial charge on any atom is -0.397 e. The minimum absolute atomic E-state index is 0.0823. The van der Waals surface area contributed by atoms with Gasteiger partial charge >= 0.3 is 0 Å². The molecule has 0 aliphatic heterocycles. The monoisotopic (exact) mass is 323 g/mol. The van der Waals surface area contributed by atoms with Gasteiger partial charge in [-0.3, -0.25) is 9.69 Å². The highest BCUT2D eigenvalue weighted by Crippen LogP contribution is 2.23. The highest BCUT2D eigenvalue weighted by molar-refractivity contribution is 7.16. The molecular formula is C15H18ClN3OS. The zero-order valence-corrected chi connectivity index (χ0v) is 13.6. The number of nitrogens with one attached hydrogen (secondary N) is 1. The predicted molar refractivity (Wildman–Crippen MR) is 89.9 cm³/mol. The van der Waals surface area contributed by atoms with Crippen molar-refractivity contribution in [3.05, 3.63) is 45.1 Å². The summed E-state index contributed by atoms with van der Waals surface area (Å²) < 4.78 is 0.760. The van der Waals surface area contributed by atoms with Crippen LogP contribution in [0.4, 0.5) is 11.4 Å². The molecule has 0 radical (unpaired) electrons. The Hall–Kier alpha value is -1.56. The van der Waals surface area contributed by atoms with E-state index in [1.807, 2.05) is 43.1 Å². The summed E-state index contributed by atoms with van der Waals surface area (Å²) in [6.45, 7) is 2.90. The van der Waals surface area contributed by atoms with Gasteiger partial charge in [-0.05, 0) is 37.7 Å². The van der Waals surface area contributed by atoms with Crippen LogP contribution < -0.4 is 11.1 Å². The second-order valence-corrected chi connectivity index (χ2v) is 6.77. The Kier molecular flexibility index (Phi) is 5.22. The summed E-state index contributed by atoms with van der Waals surface area (Å²) in [5.41, 5.74) is 8.11. The van der Waals surface area contributed by atoms with Crippen molar-refractivity contribution in [2.75, 3.05) is 24.6 Å². The number of benzene rings is 1. The molecule has 112 valence electrons. The first-order valence-electron chi connectivity index (χ1n) is 6.53. The molecule has 0 fully saturated rings. The highest BCUT2D eigenvalue weighted by Gasteiger charge is 2.11. The van der Waals surface area contributed by atoms with Crippen LogP contribution in [0, 0.1) is 6.92 Å². The number of likely N-dealkylation sites (N-methyl/N-ethyl adjacent to an activating group) is 1. The Labute approximate surface area is 133 Å². The zero-order chi connectivity index (χ0) is 15.4. The maximum Gasteiger partial charge on any atom is 0.238 e. The molecule has 0 aliphatic rings. The van der Waals surface area contributed by atoms with E-state index in [1.165, 1.54) is 11.3 Å². The average molecular weight is 324 g/mol. The van der Waals surface area contributed by atoms with Crippen LogP contribution in [0.25, 0.3) is 0 Å². The predicted octanol–water partition coefficient (Wildman–Crippen LogP) is 3.36. The number of aryl methyl sites for hydroxylation is 1. The molecule has 0 unspecified atom stereocenters. The van der Waals surface area contributed by atoms with E-state index in [-0.39, 0.29) is 5.91 Å². The van der Waals surface area contributed by atoms with E-state index in [1.54, 1.807) is 6.07 Å². The number of carbonyl (C=O) groups is 1. The molecule has 0 saturated heterocycles. The molecule has 0 spiro atoms. The van der Waals surface area contributed by atoms with Crippen molar-refractivity contribution in [3.8, 4) is 0 Å². The van der Waals surface area contributed by atoms with Gasteiger partial charge in [-0.1, -0.05) is 23.7 Å². The third-order valence-electron chi connectivity index (χ3n) is 3.04. The molecule has 0 aliphatic carbocycles. The molecule has 2 aromatic rings. The number of thiophene rings is 1. The van der Waals surface area contributed by atoms with Gasteiger partial charge in [0.15, 0.2) is 0 Å². The summed E-state index contributed by atoms with van der Waals surface area (Å²) in [4.78, 5) is 15.2. The van der Waals surface area contributed by atoms with E-state index < -0.39 is 0 Å². The van der Waals surface area contributed by atoms with Gasteiger partial charge in [-0.25, -0.2) is 0 Å². The maximum absolute atomic E-state index is 12.1. The standard InChI is InChI=1S/C15H18ClN3OS/c1-10-4-3-5-12(17)15(10)18-14(20)9-19(2)8-11-6-7-13(16)21-11/h3-7H,8-9,17H2,1-2H3,(H,18,20). The summed E-state index contributed by atoms with van der Waals surface area (Å²) >= 11 is 7.42. The van der Waals surface area contributed by atoms with Crippen LogP contribution in [0.3, 0.4) is 0 Å². The van der Waals surface area contributed by atoms with E-state index in [0.29, 0.717) is 24.5 Å². The minimum atomic E-state index is -0.0823.